The maximum absolute atomic E-state index is 14.2. The van der Waals surface area contributed by atoms with Crippen LogP contribution in [0.2, 0.25) is 0 Å². The number of para-hydroxylation sites is 1. The van der Waals surface area contributed by atoms with E-state index in [-0.39, 0.29) is 17.2 Å². The first-order chi connectivity index (χ1) is 25.3. The summed E-state index contributed by atoms with van der Waals surface area (Å²) in [6.07, 6.45) is 11.6. The van der Waals surface area contributed by atoms with Crippen molar-refractivity contribution in [2.75, 3.05) is 48.0 Å². The first-order valence-corrected chi connectivity index (χ1v) is 18.3. The minimum absolute atomic E-state index is 0.110. The van der Waals surface area contributed by atoms with Gasteiger partial charge in [-0.2, -0.15) is 0 Å². The van der Waals surface area contributed by atoms with Gasteiger partial charge in [0.1, 0.15) is 5.82 Å². The van der Waals surface area contributed by atoms with E-state index in [1.807, 2.05) is 49.3 Å². The predicted molar refractivity (Wildman–Crippen MR) is 208 cm³/mol. The van der Waals surface area contributed by atoms with Gasteiger partial charge in [-0.1, -0.05) is 31.2 Å². The highest BCUT2D eigenvalue weighted by Crippen LogP contribution is 2.42. The van der Waals surface area contributed by atoms with Crippen LogP contribution in [0.15, 0.2) is 90.8 Å². The van der Waals surface area contributed by atoms with E-state index in [0.717, 1.165) is 84.9 Å². The molecular weight excluding hydrogens is 649 g/mol. The Kier molecular flexibility index (Phi) is 8.97. The molecule has 2 N–H and O–H groups in total. The van der Waals surface area contributed by atoms with Crippen LogP contribution >= 0.6 is 0 Å². The normalized spacial score (nSPS) is 17.0. The summed E-state index contributed by atoms with van der Waals surface area (Å²) in [5, 5.41) is 4.24. The van der Waals surface area contributed by atoms with E-state index in [4.69, 9.17) is 9.72 Å². The number of nitrogens with zero attached hydrogens (tertiary/aromatic N) is 4. The Balaban J connectivity index is 0.988. The molecule has 2 fully saturated rings. The lowest BCUT2D eigenvalue weighted by atomic mass is 9.73. The molecule has 2 aromatic carbocycles. The van der Waals surface area contributed by atoms with Gasteiger partial charge in [0.25, 0.3) is 11.8 Å². The molecule has 0 atom stereocenters. The van der Waals surface area contributed by atoms with Crippen LogP contribution in [0.4, 0.5) is 17.2 Å². The number of pyridine rings is 2. The van der Waals surface area contributed by atoms with E-state index in [0.29, 0.717) is 35.6 Å². The van der Waals surface area contributed by atoms with Crippen molar-refractivity contribution in [2.24, 2.45) is 5.41 Å². The van der Waals surface area contributed by atoms with Crippen molar-refractivity contribution < 1.29 is 14.3 Å². The number of rotatable bonds is 7. The Morgan fingerprint density at radius 3 is 2.48 bits per heavy atom. The van der Waals surface area contributed by atoms with Crippen LogP contribution in [-0.4, -0.2) is 59.6 Å². The van der Waals surface area contributed by atoms with Crippen LogP contribution in [0.25, 0.3) is 22.6 Å². The average Bonchev–Trinajstić information content (AvgIpc) is 3.50. The van der Waals surface area contributed by atoms with Crippen LogP contribution in [-0.2, 0) is 4.74 Å². The number of aryl methyl sites for hydroxylation is 2. The topological polar surface area (TPSA) is 103 Å². The van der Waals surface area contributed by atoms with E-state index in [1.54, 1.807) is 24.3 Å². The van der Waals surface area contributed by atoms with Gasteiger partial charge in [-0.15, -0.1) is 0 Å². The second-order valence-corrected chi connectivity index (χ2v) is 14.5. The number of ether oxygens (including phenoxy) is 1. The maximum Gasteiger partial charge on any atom is 0.259 e. The summed E-state index contributed by atoms with van der Waals surface area (Å²) in [5.41, 5.74) is 9.98. The summed E-state index contributed by atoms with van der Waals surface area (Å²) in [7, 11) is 0. The Morgan fingerprint density at radius 2 is 1.71 bits per heavy atom. The van der Waals surface area contributed by atoms with Crippen molar-refractivity contribution in [3.05, 3.63) is 124 Å². The summed E-state index contributed by atoms with van der Waals surface area (Å²) in [6, 6.07) is 21.6. The number of anilines is 3. The third-order valence-corrected chi connectivity index (χ3v) is 10.7. The van der Waals surface area contributed by atoms with Crippen molar-refractivity contribution in [1.82, 2.24) is 15.0 Å². The lowest BCUT2D eigenvalue weighted by molar-refractivity contribution is -0.000510. The number of carbonyl (C=O) groups excluding carboxylic acids is 2. The minimum atomic E-state index is -0.216. The fourth-order valence-electron chi connectivity index (χ4n) is 7.73. The van der Waals surface area contributed by atoms with Crippen LogP contribution in [0.3, 0.4) is 0 Å². The van der Waals surface area contributed by atoms with Crippen LogP contribution in [0.1, 0.15) is 75.8 Å². The second kappa shape index (κ2) is 13.9. The lowest BCUT2D eigenvalue weighted by Gasteiger charge is -2.53. The van der Waals surface area contributed by atoms with E-state index in [1.165, 1.54) is 11.0 Å². The maximum atomic E-state index is 14.2. The summed E-state index contributed by atoms with van der Waals surface area (Å²) in [4.78, 5) is 44.9. The largest absolute Gasteiger partial charge is 0.381 e. The van der Waals surface area contributed by atoms with Crippen LogP contribution in [0.5, 0.6) is 0 Å². The molecule has 0 saturated carbocycles. The number of benzene rings is 2. The summed E-state index contributed by atoms with van der Waals surface area (Å²) < 4.78 is 5.58. The highest BCUT2D eigenvalue weighted by Gasteiger charge is 2.45. The van der Waals surface area contributed by atoms with Gasteiger partial charge in [0.2, 0.25) is 0 Å². The molecule has 9 heteroatoms. The zero-order chi connectivity index (χ0) is 35.8. The van der Waals surface area contributed by atoms with E-state index < -0.39 is 0 Å². The summed E-state index contributed by atoms with van der Waals surface area (Å²) >= 11 is 0. The Morgan fingerprint density at radius 1 is 0.962 bits per heavy atom. The lowest BCUT2D eigenvalue weighted by Crippen LogP contribution is -2.59. The number of aromatic nitrogens is 3. The predicted octanol–water partition coefficient (Wildman–Crippen LogP) is 8.37. The van der Waals surface area contributed by atoms with Crippen molar-refractivity contribution in [3.8, 4) is 0 Å². The second-order valence-electron chi connectivity index (χ2n) is 14.5. The van der Waals surface area contributed by atoms with Gasteiger partial charge < -0.3 is 24.8 Å². The zero-order valence-electron chi connectivity index (χ0n) is 30.0. The summed E-state index contributed by atoms with van der Waals surface area (Å²) in [6.45, 7) is 9.97. The number of carbonyl (C=O) groups is 2. The van der Waals surface area contributed by atoms with Gasteiger partial charge >= 0.3 is 0 Å². The Labute approximate surface area is 304 Å². The average molecular weight is 693 g/mol. The number of nitrogens with one attached hydrogen (secondary N) is 2. The Bertz CT molecular complexity index is 2190. The molecule has 3 aliphatic rings. The van der Waals surface area contributed by atoms with E-state index in [2.05, 4.69) is 63.5 Å². The molecule has 2 amide bonds. The molecule has 0 bridgehead atoms. The molecule has 0 unspecified atom stereocenters. The number of fused-ring (bicyclic) bond motifs is 2. The molecule has 52 heavy (non-hydrogen) atoms. The molecule has 0 radical (unpaired) electrons. The molecule has 2 saturated heterocycles. The fourth-order valence-corrected chi connectivity index (χ4v) is 7.73. The van der Waals surface area contributed by atoms with Crippen molar-refractivity contribution in [3.63, 3.8) is 0 Å². The first-order valence-electron chi connectivity index (χ1n) is 18.3. The number of H-pyrrole nitrogens is 1. The number of allylic oxidation sites excluding steroid dienone is 2. The zero-order valence-corrected chi connectivity index (χ0v) is 30.0. The SMILES string of the molecule is CC/C(=C\C1=Cc2ncc(C)cc2N(C(=O)c2ccc(NC(=O)c3cc(C)cnc3N3CC4(CCOCC4)C3)cc2)CC1)c1cc2ccccc2[nH]1. The highest BCUT2D eigenvalue weighted by atomic mass is 16.5. The molecule has 8 rings (SSSR count). The summed E-state index contributed by atoms with van der Waals surface area (Å²) in [5.74, 6) is 0.388. The van der Waals surface area contributed by atoms with Gasteiger partial charge in [0, 0.05) is 73.1 Å². The molecule has 6 heterocycles. The van der Waals surface area contributed by atoms with E-state index >= 15 is 0 Å². The number of hydrogen-bond acceptors (Lipinski definition) is 6. The molecule has 3 aromatic heterocycles. The van der Waals surface area contributed by atoms with Crippen molar-refractivity contribution in [2.45, 2.75) is 46.5 Å². The molecule has 1 spiro atoms. The van der Waals surface area contributed by atoms with Crippen LogP contribution in [0, 0.1) is 19.3 Å². The third-order valence-electron chi connectivity index (χ3n) is 10.7. The monoisotopic (exact) mass is 692 g/mol. The van der Waals surface area contributed by atoms with Crippen molar-refractivity contribution in [1.29, 1.82) is 0 Å². The molecule has 0 aliphatic carbocycles. The highest BCUT2D eigenvalue weighted by molar-refractivity contribution is 6.09. The van der Waals surface area contributed by atoms with Gasteiger partial charge in [-0.25, -0.2) is 4.98 Å². The Hall–Kier alpha value is -5.54. The van der Waals surface area contributed by atoms with Gasteiger partial charge in [0.05, 0.1) is 16.9 Å². The van der Waals surface area contributed by atoms with Gasteiger partial charge in [-0.05, 0) is 122 Å². The molecule has 264 valence electrons. The third kappa shape index (κ3) is 6.64. The molecule has 9 nitrogen and oxygen atoms in total. The molecule has 5 aromatic rings. The first kappa shape index (κ1) is 33.6. The van der Waals surface area contributed by atoms with Crippen molar-refractivity contribution >= 4 is 51.6 Å². The molecule has 3 aliphatic heterocycles. The number of amides is 2. The van der Waals surface area contributed by atoms with Crippen LogP contribution < -0.4 is 15.1 Å². The minimum Gasteiger partial charge on any atom is -0.381 e. The quantitative estimate of drug-likeness (QED) is 0.178. The van der Waals surface area contributed by atoms with Gasteiger partial charge in [0.15, 0.2) is 0 Å². The fraction of sp³-hybridized carbons (Fsp3) is 0.302. The standard InChI is InChI=1S/C43H44N6O3/c1-4-31(37-23-33-7-5-6-8-36(33)47-37)21-30-13-16-49(39-20-29(3)24-44-38(39)22-30)42(51)32-9-11-34(12-10-32)46-41(50)35-19-28(2)25-45-40(35)48-26-43(27-48)14-17-52-18-15-43/h5-12,19-25,47H,4,13-18,26-27H2,1-3H3,(H,46,50)/b31-21+. The van der Waals surface area contributed by atoms with E-state index in [9.17, 15) is 9.59 Å². The number of hydrogen-bond donors (Lipinski definition) is 2. The number of aromatic amines is 1. The molecular formula is C43H44N6O3. The van der Waals surface area contributed by atoms with Gasteiger partial charge in [-0.3, -0.25) is 14.6 Å². The smallest absolute Gasteiger partial charge is 0.259 e.